The number of rotatable bonds is 9. The van der Waals surface area contributed by atoms with Crippen molar-refractivity contribution in [3.05, 3.63) is 23.4 Å². The first-order valence-corrected chi connectivity index (χ1v) is 10.5. The van der Waals surface area contributed by atoms with Crippen molar-refractivity contribution in [2.45, 2.75) is 45.2 Å². The van der Waals surface area contributed by atoms with Gasteiger partial charge in [0.2, 0.25) is 0 Å². The first-order chi connectivity index (χ1) is 13.2. The summed E-state index contributed by atoms with van der Waals surface area (Å²) in [5, 5.41) is 13.5. The van der Waals surface area contributed by atoms with Crippen LogP contribution in [0, 0.1) is 5.92 Å². The number of hydrogen-bond acceptors (Lipinski definition) is 6. The molecule has 1 aliphatic carbocycles. The van der Waals surface area contributed by atoms with E-state index in [1.807, 2.05) is 17.5 Å². The van der Waals surface area contributed by atoms with Crippen molar-refractivity contribution in [3.63, 3.8) is 0 Å². The number of thiophene rings is 1. The topological polar surface area (TPSA) is 81.7 Å². The number of ether oxygens (including phenoxy) is 1. The predicted molar refractivity (Wildman–Crippen MR) is 103 cm³/mol. The van der Waals surface area contributed by atoms with Crippen LogP contribution in [0.25, 0.3) is 10.8 Å². The van der Waals surface area contributed by atoms with E-state index in [9.17, 15) is 4.79 Å². The predicted octanol–water partition coefficient (Wildman–Crippen LogP) is 1.52. The Balaban J connectivity index is 1.57. The Morgan fingerprint density at radius 1 is 1.41 bits per heavy atom. The lowest BCUT2D eigenvalue weighted by Gasteiger charge is -2.29. The zero-order valence-electron chi connectivity index (χ0n) is 16.1. The van der Waals surface area contributed by atoms with Gasteiger partial charge in [-0.2, -0.15) is 0 Å². The Morgan fingerprint density at radius 3 is 3.00 bits per heavy atom. The van der Waals surface area contributed by atoms with Crippen LogP contribution in [-0.4, -0.2) is 49.0 Å². The monoisotopic (exact) mass is 393 g/mol. The normalized spacial score (nSPS) is 21.1. The third-order valence-electron chi connectivity index (χ3n) is 5.13. The van der Waals surface area contributed by atoms with E-state index >= 15 is 0 Å². The molecule has 0 spiro atoms. The highest BCUT2D eigenvalue weighted by Crippen LogP contribution is 2.24. The first-order valence-electron chi connectivity index (χ1n) is 9.64. The lowest BCUT2D eigenvalue weighted by molar-refractivity contribution is -0.907. The third-order valence-corrected chi connectivity index (χ3v) is 5.99. The number of methoxy groups -OCH3 is 1. The molecule has 1 aliphatic rings. The second kappa shape index (κ2) is 9.96. The fourth-order valence-corrected chi connectivity index (χ4v) is 4.18. The van der Waals surface area contributed by atoms with Crippen LogP contribution in [0.3, 0.4) is 0 Å². The highest BCUT2D eigenvalue weighted by molar-refractivity contribution is 7.13. The summed E-state index contributed by atoms with van der Waals surface area (Å²) < 4.78 is 11.0. The van der Waals surface area contributed by atoms with E-state index in [-0.39, 0.29) is 5.91 Å². The van der Waals surface area contributed by atoms with Crippen molar-refractivity contribution in [3.8, 4) is 10.8 Å². The van der Waals surface area contributed by atoms with Crippen LogP contribution in [0.1, 0.15) is 38.5 Å². The van der Waals surface area contributed by atoms with Crippen LogP contribution < -0.4 is 10.2 Å². The van der Waals surface area contributed by atoms with Crippen molar-refractivity contribution in [2.75, 3.05) is 26.8 Å². The van der Waals surface area contributed by atoms with Gasteiger partial charge in [0.15, 0.2) is 13.1 Å². The molecule has 27 heavy (non-hydrogen) atoms. The zero-order valence-corrected chi connectivity index (χ0v) is 16.9. The fourth-order valence-electron chi connectivity index (χ4n) is 3.54. The Bertz CT molecular complexity index is 704. The summed E-state index contributed by atoms with van der Waals surface area (Å²) in [5.74, 6) is 1.71. The number of carbonyl (C=O) groups excluding carboxylic acids is 1. The second-order valence-corrected chi connectivity index (χ2v) is 8.21. The van der Waals surface area contributed by atoms with Crippen LogP contribution in [0.2, 0.25) is 0 Å². The molecule has 8 heteroatoms. The van der Waals surface area contributed by atoms with Crippen molar-refractivity contribution >= 4 is 17.2 Å². The lowest BCUT2D eigenvalue weighted by Crippen LogP contribution is -3.12. The van der Waals surface area contributed by atoms with Gasteiger partial charge in [-0.05, 0) is 30.2 Å². The summed E-state index contributed by atoms with van der Waals surface area (Å²) in [6.45, 7) is 4.40. The van der Waals surface area contributed by atoms with Crippen LogP contribution >= 0.6 is 11.3 Å². The number of quaternary nitrogens is 1. The van der Waals surface area contributed by atoms with Crippen LogP contribution in [0.4, 0.5) is 0 Å². The van der Waals surface area contributed by atoms with Crippen molar-refractivity contribution in [1.29, 1.82) is 0 Å². The van der Waals surface area contributed by atoms with Crippen molar-refractivity contribution < 1.29 is 18.8 Å². The molecule has 0 saturated heterocycles. The minimum atomic E-state index is 0.0813. The summed E-state index contributed by atoms with van der Waals surface area (Å²) in [7, 11) is 1.67. The van der Waals surface area contributed by atoms with Gasteiger partial charge in [0.1, 0.15) is 6.54 Å². The highest BCUT2D eigenvalue weighted by Gasteiger charge is 2.25. The molecule has 2 aromatic rings. The molecule has 0 aromatic carbocycles. The van der Waals surface area contributed by atoms with Gasteiger partial charge in [-0.15, -0.1) is 21.5 Å². The van der Waals surface area contributed by atoms with Gasteiger partial charge in [-0.3, -0.25) is 4.79 Å². The van der Waals surface area contributed by atoms with Gasteiger partial charge in [-0.25, -0.2) is 0 Å². The molecule has 0 radical (unpaired) electrons. The van der Waals surface area contributed by atoms with Crippen molar-refractivity contribution in [1.82, 2.24) is 15.5 Å². The molecule has 1 fully saturated rings. The molecular weight excluding hydrogens is 364 g/mol. The maximum Gasteiger partial charge on any atom is 0.275 e. The van der Waals surface area contributed by atoms with E-state index in [0.29, 0.717) is 50.0 Å². The Hall–Kier alpha value is -1.77. The molecule has 1 amide bonds. The van der Waals surface area contributed by atoms with E-state index in [0.717, 1.165) is 16.2 Å². The molecule has 148 valence electrons. The molecule has 2 aromatic heterocycles. The van der Waals surface area contributed by atoms with E-state index in [2.05, 4.69) is 22.4 Å². The highest BCUT2D eigenvalue weighted by atomic mass is 32.1. The molecule has 1 unspecified atom stereocenters. The van der Waals surface area contributed by atoms with Gasteiger partial charge in [0, 0.05) is 13.2 Å². The van der Waals surface area contributed by atoms with Gasteiger partial charge >= 0.3 is 0 Å². The molecule has 3 atom stereocenters. The molecule has 2 heterocycles. The number of carbonyl (C=O) groups is 1. The number of aromatic nitrogens is 2. The van der Waals surface area contributed by atoms with Gasteiger partial charge in [0.25, 0.3) is 17.7 Å². The molecule has 0 bridgehead atoms. The Kier molecular flexibility index (Phi) is 7.37. The molecule has 1 saturated carbocycles. The van der Waals surface area contributed by atoms with E-state index in [1.165, 1.54) is 19.3 Å². The minimum Gasteiger partial charge on any atom is -0.414 e. The minimum absolute atomic E-state index is 0.0813. The number of amides is 1. The van der Waals surface area contributed by atoms with E-state index < -0.39 is 0 Å². The van der Waals surface area contributed by atoms with E-state index in [1.54, 1.807) is 18.4 Å². The van der Waals surface area contributed by atoms with Crippen LogP contribution in [-0.2, 0) is 16.1 Å². The molecule has 0 aliphatic heterocycles. The third kappa shape index (κ3) is 5.85. The van der Waals surface area contributed by atoms with E-state index in [4.69, 9.17) is 9.15 Å². The summed E-state index contributed by atoms with van der Waals surface area (Å²) in [6.07, 6.45) is 4.73. The zero-order chi connectivity index (χ0) is 19.1. The van der Waals surface area contributed by atoms with Gasteiger partial charge < -0.3 is 19.4 Å². The number of hydrogen-bond donors (Lipinski definition) is 2. The SMILES string of the molecule is COCC[NH+](CC(=O)N[C@@H]1CCCC[C@H]1C)Cc1nnc(-c2cccs2)o1. The maximum atomic E-state index is 12.6. The van der Waals surface area contributed by atoms with Gasteiger partial charge in [-0.1, -0.05) is 25.8 Å². The Labute approximate surface area is 164 Å². The maximum absolute atomic E-state index is 12.6. The summed E-state index contributed by atoms with van der Waals surface area (Å²) in [5.41, 5.74) is 0. The van der Waals surface area contributed by atoms with Crippen LogP contribution in [0.5, 0.6) is 0 Å². The quantitative estimate of drug-likeness (QED) is 0.675. The first kappa shape index (κ1) is 20.0. The molecule has 2 N–H and O–H groups in total. The smallest absolute Gasteiger partial charge is 0.275 e. The summed E-state index contributed by atoms with van der Waals surface area (Å²) >= 11 is 1.57. The average Bonchev–Trinajstić information content (AvgIpc) is 3.33. The standard InChI is InChI=1S/C19H28N4O3S/c1-14-6-3-4-7-15(14)20-17(24)12-23(9-10-25-2)13-18-21-22-19(26-18)16-8-5-11-27-16/h5,8,11,14-15H,3-4,6-7,9-10,12-13H2,1-2H3,(H,20,24)/p+1/t14-,15-/m1/s1. The number of nitrogens with zero attached hydrogens (tertiary/aromatic N) is 2. The molecular formula is C19H29N4O3S+. The lowest BCUT2D eigenvalue weighted by atomic mass is 9.86. The second-order valence-electron chi connectivity index (χ2n) is 7.26. The van der Waals surface area contributed by atoms with Crippen molar-refractivity contribution in [2.24, 2.45) is 5.92 Å². The van der Waals surface area contributed by atoms with Crippen LogP contribution in [0.15, 0.2) is 21.9 Å². The molecule has 3 rings (SSSR count). The number of nitrogens with one attached hydrogen (secondary N) is 2. The largest absolute Gasteiger partial charge is 0.414 e. The Morgan fingerprint density at radius 2 is 2.26 bits per heavy atom. The van der Waals surface area contributed by atoms with Gasteiger partial charge in [0.05, 0.1) is 11.5 Å². The summed E-state index contributed by atoms with van der Waals surface area (Å²) in [4.78, 5) is 14.6. The fraction of sp³-hybridized carbons (Fsp3) is 0.632. The summed E-state index contributed by atoms with van der Waals surface area (Å²) in [6, 6.07) is 4.20. The molecule has 7 nitrogen and oxygen atoms in total. The average molecular weight is 394 g/mol.